The third-order valence-corrected chi connectivity index (χ3v) is 5.05. The van der Waals surface area contributed by atoms with Gasteiger partial charge in [0.2, 0.25) is 0 Å². The standard InChI is InChI=1S/C13H12Cl2N2O3S/c1-20-8-5-6-10(16)11(7-8)17-21(18,19)12-4-2-3-9(14)13(12)15/h2-7,17H,16H2,1H3. The molecule has 0 fully saturated rings. The van der Waals surface area contributed by atoms with Crippen LogP contribution in [0.1, 0.15) is 0 Å². The number of anilines is 2. The molecule has 0 aliphatic heterocycles. The van der Waals surface area contributed by atoms with Crippen molar-refractivity contribution in [2.24, 2.45) is 0 Å². The Hall–Kier alpha value is -1.63. The van der Waals surface area contributed by atoms with Crippen molar-refractivity contribution in [2.75, 3.05) is 17.6 Å². The second-order valence-corrected chi connectivity index (χ2v) is 6.55. The molecule has 2 rings (SSSR count). The predicted molar refractivity (Wildman–Crippen MR) is 84.7 cm³/mol. The topological polar surface area (TPSA) is 81.4 Å². The van der Waals surface area contributed by atoms with Crippen molar-refractivity contribution in [3.8, 4) is 5.75 Å². The van der Waals surface area contributed by atoms with E-state index < -0.39 is 10.0 Å². The van der Waals surface area contributed by atoms with Crippen LogP contribution in [-0.2, 0) is 10.0 Å². The van der Waals surface area contributed by atoms with E-state index in [2.05, 4.69) is 4.72 Å². The Labute approximate surface area is 132 Å². The Morgan fingerprint density at radius 3 is 2.57 bits per heavy atom. The highest BCUT2D eigenvalue weighted by molar-refractivity contribution is 7.92. The van der Waals surface area contributed by atoms with Gasteiger partial charge >= 0.3 is 0 Å². The van der Waals surface area contributed by atoms with Gasteiger partial charge in [-0.3, -0.25) is 4.72 Å². The van der Waals surface area contributed by atoms with E-state index in [0.717, 1.165) is 0 Å². The normalized spacial score (nSPS) is 11.2. The number of nitrogens with one attached hydrogen (secondary N) is 1. The molecule has 8 heteroatoms. The number of rotatable bonds is 4. The zero-order valence-corrected chi connectivity index (χ0v) is 13.3. The van der Waals surface area contributed by atoms with E-state index in [4.69, 9.17) is 33.7 Å². The minimum absolute atomic E-state index is 0.0480. The zero-order valence-electron chi connectivity index (χ0n) is 10.9. The average molecular weight is 347 g/mol. The van der Waals surface area contributed by atoms with Crippen LogP contribution in [0.15, 0.2) is 41.3 Å². The Kier molecular flexibility index (Phi) is 4.51. The first-order chi connectivity index (χ1) is 9.85. The summed E-state index contributed by atoms with van der Waals surface area (Å²) in [6, 6.07) is 8.99. The van der Waals surface area contributed by atoms with Gasteiger partial charge in [-0.15, -0.1) is 0 Å². The molecular formula is C13H12Cl2N2O3S. The predicted octanol–water partition coefficient (Wildman–Crippen LogP) is 3.39. The summed E-state index contributed by atoms with van der Waals surface area (Å²) in [4.78, 5) is -0.126. The molecule has 112 valence electrons. The molecule has 0 bridgehead atoms. The summed E-state index contributed by atoms with van der Waals surface area (Å²) in [6.45, 7) is 0. The third kappa shape index (κ3) is 3.34. The summed E-state index contributed by atoms with van der Waals surface area (Å²) in [5, 5.41) is 0.103. The van der Waals surface area contributed by atoms with Crippen LogP contribution in [-0.4, -0.2) is 15.5 Å². The first kappa shape index (κ1) is 15.8. The molecule has 0 unspecified atom stereocenters. The van der Waals surface area contributed by atoms with Gasteiger partial charge in [0.25, 0.3) is 10.0 Å². The van der Waals surface area contributed by atoms with Gasteiger partial charge in [0.15, 0.2) is 0 Å². The van der Waals surface area contributed by atoms with Crippen molar-refractivity contribution in [2.45, 2.75) is 4.90 Å². The monoisotopic (exact) mass is 346 g/mol. The van der Waals surface area contributed by atoms with E-state index in [1.54, 1.807) is 6.07 Å². The third-order valence-electron chi connectivity index (χ3n) is 2.71. The van der Waals surface area contributed by atoms with Crippen LogP contribution in [0.3, 0.4) is 0 Å². The largest absolute Gasteiger partial charge is 0.497 e. The zero-order chi connectivity index (χ0) is 15.6. The lowest BCUT2D eigenvalue weighted by Gasteiger charge is -2.13. The van der Waals surface area contributed by atoms with E-state index in [1.165, 1.54) is 37.4 Å². The van der Waals surface area contributed by atoms with E-state index in [1.807, 2.05) is 0 Å². The molecule has 0 spiro atoms. The van der Waals surface area contributed by atoms with Gasteiger partial charge in [-0.25, -0.2) is 8.42 Å². The fraction of sp³-hybridized carbons (Fsp3) is 0.0769. The lowest BCUT2D eigenvalue weighted by molar-refractivity contribution is 0.415. The molecule has 0 saturated heterocycles. The smallest absolute Gasteiger partial charge is 0.263 e. The van der Waals surface area contributed by atoms with Crippen LogP contribution in [0.4, 0.5) is 11.4 Å². The molecule has 0 saturated carbocycles. The molecular weight excluding hydrogens is 335 g/mol. The second kappa shape index (κ2) is 6.01. The van der Waals surface area contributed by atoms with E-state index >= 15 is 0 Å². The quantitative estimate of drug-likeness (QED) is 0.831. The highest BCUT2D eigenvalue weighted by atomic mass is 35.5. The minimum Gasteiger partial charge on any atom is -0.497 e. The second-order valence-electron chi connectivity index (χ2n) is 4.11. The fourth-order valence-electron chi connectivity index (χ4n) is 1.64. The van der Waals surface area contributed by atoms with Crippen molar-refractivity contribution < 1.29 is 13.2 Å². The number of benzene rings is 2. The molecule has 0 atom stereocenters. The lowest BCUT2D eigenvalue weighted by Crippen LogP contribution is -2.14. The summed E-state index contributed by atoms with van der Waals surface area (Å²) < 4.78 is 32.2. The molecule has 0 aliphatic rings. The van der Waals surface area contributed by atoms with E-state index in [9.17, 15) is 8.42 Å². The molecule has 0 heterocycles. The molecule has 2 aromatic rings. The van der Waals surface area contributed by atoms with Crippen molar-refractivity contribution in [1.29, 1.82) is 0 Å². The summed E-state index contributed by atoms with van der Waals surface area (Å²) in [5.74, 6) is 0.471. The van der Waals surface area contributed by atoms with Gasteiger partial charge in [0.05, 0.1) is 28.5 Å². The maximum atomic E-state index is 12.4. The van der Waals surface area contributed by atoms with Crippen molar-refractivity contribution >= 4 is 44.6 Å². The Bertz CT molecular complexity index is 779. The van der Waals surface area contributed by atoms with Gasteiger partial charge in [-0.2, -0.15) is 0 Å². The number of nitrogen functional groups attached to an aromatic ring is 1. The van der Waals surface area contributed by atoms with Crippen LogP contribution < -0.4 is 15.2 Å². The van der Waals surface area contributed by atoms with Crippen molar-refractivity contribution in [3.05, 3.63) is 46.4 Å². The molecule has 0 aromatic heterocycles. The van der Waals surface area contributed by atoms with Crippen LogP contribution >= 0.6 is 23.2 Å². The molecule has 0 radical (unpaired) electrons. The molecule has 2 aromatic carbocycles. The number of sulfonamides is 1. The maximum Gasteiger partial charge on any atom is 0.263 e. The molecule has 0 amide bonds. The van der Waals surface area contributed by atoms with Crippen LogP contribution in [0.2, 0.25) is 10.0 Å². The highest BCUT2D eigenvalue weighted by Crippen LogP contribution is 2.32. The van der Waals surface area contributed by atoms with Crippen LogP contribution in [0.25, 0.3) is 0 Å². The lowest BCUT2D eigenvalue weighted by atomic mass is 10.2. The number of methoxy groups -OCH3 is 1. The van der Waals surface area contributed by atoms with Gasteiger partial charge in [0.1, 0.15) is 10.6 Å². The minimum atomic E-state index is -3.92. The molecule has 21 heavy (non-hydrogen) atoms. The number of hydrogen-bond donors (Lipinski definition) is 2. The van der Waals surface area contributed by atoms with E-state index in [-0.39, 0.29) is 26.3 Å². The molecule has 0 aliphatic carbocycles. The number of hydrogen-bond acceptors (Lipinski definition) is 4. The van der Waals surface area contributed by atoms with Crippen molar-refractivity contribution in [1.82, 2.24) is 0 Å². The first-order valence-electron chi connectivity index (χ1n) is 5.75. The average Bonchev–Trinajstić information content (AvgIpc) is 2.44. The maximum absolute atomic E-state index is 12.4. The van der Waals surface area contributed by atoms with Crippen LogP contribution in [0.5, 0.6) is 5.75 Å². The summed E-state index contributed by atoms with van der Waals surface area (Å²) in [5.41, 5.74) is 6.22. The van der Waals surface area contributed by atoms with Crippen molar-refractivity contribution in [3.63, 3.8) is 0 Å². The Morgan fingerprint density at radius 2 is 1.90 bits per heavy atom. The highest BCUT2D eigenvalue weighted by Gasteiger charge is 2.20. The Balaban J connectivity index is 2.45. The summed E-state index contributed by atoms with van der Waals surface area (Å²) >= 11 is 11.8. The number of ether oxygens (including phenoxy) is 1. The SMILES string of the molecule is COc1ccc(N)c(NS(=O)(=O)c2cccc(Cl)c2Cl)c1. The summed E-state index contributed by atoms with van der Waals surface area (Å²) in [7, 11) is -2.45. The fourth-order valence-corrected chi connectivity index (χ4v) is 3.48. The molecule has 5 nitrogen and oxygen atoms in total. The van der Waals surface area contributed by atoms with E-state index in [0.29, 0.717) is 5.75 Å². The number of nitrogens with two attached hydrogens (primary N) is 1. The van der Waals surface area contributed by atoms with Crippen LogP contribution in [0, 0.1) is 0 Å². The van der Waals surface area contributed by atoms with Gasteiger partial charge < -0.3 is 10.5 Å². The first-order valence-corrected chi connectivity index (χ1v) is 7.99. The van der Waals surface area contributed by atoms with Gasteiger partial charge in [0, 0.05) is 6.07 Å². The number of halogens is 2. The molecule has 3 N–H and O–H groups in total. The Morgan fingerprint density at radius 1 is 1.19 bits per heavy atom. The van der Waals surface area contributed by atoms with Gasteiger partial charge in [-0.1, -0.05) is 29.3 Å². The summed E-state index contributed by atoms with van der Waals surface area (Å²) in [6.07, 6.45) is 0. The van der Waals surface area contributed by atoms with Gasteiger partial charge in [-0.05, 0) is 24.3 Å².